The molecule has 0 aliphatic carbocycles. The molecule has 5 aliphatic rings. The van der Waals surface area contributed by atoms with Crippen molar-refractivity contribution in [2.24, 2.45) is 5.92 Å². The topological polar surface area (TPSA) is 68.3 Å². The number of piperidine rings is 1. The van der Waals surface area contributed by atoms with E-state index in [-0.39, 0.29) is 17.9 Å². The summed E-state index contributed by atoms with van der Waals surface area (Å²) in [6.07, 6.45) is 1.30. The van der Waals surface area contributed by atoms with Crippen molar-refractivity contribution in [1.29, 1.82) is 0 Å². The molecule has 176 valence electrons. The number of fused-ring (bicyclic) bond motifs is 3. The first kappa shape index (κ1) is 20.5. The van der Waals surface area contributed by atoms with Crippen molar-refractivity contribution in [3.8, 4) is 0 Å². The summed E-state index contributed by atoms with van der Waals surface area (Å²) in [4.78, 5) is 31.2. The van der Waals surface area contributed by atoms with Crippen molar-refractivity contribution >= 4 is 17.6 Å². The molecule has 6 atom stereocenters. The van der Waals surface area contributed by atoms with Gasteiger partial charge in [0.15, 0.2) is 5.72 Å². The van der Waals surface area contributed by atoms with Crippen LogP contribution in [-0.4, -0.2) is 61.0 Å². The van der Waals surface area contributed by atoms with Crippen LogP contribution in [0.25, 0.3) is 0 Å². The smallest absolute Gasteiger partial charge is 0.343 e. The zero-order valence-corrected chi connectivity index (χ0v) is 19.4. The molecular weight excluding hydrogens is 432 g/mol. The Balaban J connectivity index is 1.45. The van der Waals surface area contributed by atoms with E-state index in [1.807, 2.05) is 54.4 Å². The summed E-state index contributed by atoms with van der Waals surface area (Å²) >= 11 is 0. The van der Waals surface area contributed by atoms with E-state index in [1.165, 1.54) is 7.11 Å². The first-order valence-electron chi connectivity index (χ1n) is 12.1. The van der Waals surface area contributed by atoms with Gasteiger partial charge in [-0.15, -0.1) is 0 Å². The number of carbonyl (C=O) groups is 2. The molecule has 2 aromatic rings. The van der Waals surface area contributed by atoms with Gasteiger partial charge in [0.05, 0.1) is 25.2 Å². The number of hydrogen-bond donors (Lipinski definition) is 0. The highest BCUT2D eigenvalue weighted by molar-refractivity contribution is 5.90. The fourth-order valence-corrected chi connectivity index (χ4v) is 8.25. The lowest BCUT2D eigenvalue weighted by atomic mass is 9.55. The van der Waals surface area contributed by atoms with Crippen LogP contribution in [0.3, 0.4) is 0 Å². The zero-order chi connectivity index (χ0) is 23.3. The first-order chi connectivity index (χ1) is 16.5. The number of esters is 1. The number of nitrogens with zero attached hydrogens (tertiary/aromatic N) is 2. The predicted molar refractivity (Wildman–Crippen MR) is 123 cm³/mol. The van der Waals surface area contributed by atoms with E-state index in [1.54, 1.807) is 0 Å². The molecule has 1 amide bonds. The van der Waals surface area contributed by atoms with Crippen LogP contribution >= 0.6 is 0 Å². The molecule has 5 aliphatic heterocycles. The summed E-state index contributed by atoms with van der Waals surface area (Å²) in [5, 5.41) is 0. The monoisotopic (exact) mass is 460 g/mol. The lowest BCUT2D eigenvalue weighted by molar-refractivity contribution is -0.196. The van der Waals surface area contributed by atoms with E-state index >= 15 is 0 Å². The van der Waals surface area contributed by atoms with Crippen LogP contribution < -0.4 is 4.90 Å². The average Bonchev–Trinajstić information content (AvgIpc) is 3.52. The van der Waals surface area contributed by atoms with Gasteiger partial charge in [0.25, 0.3) is 0 Å². The molecule has 5 heterocycles. The van der Waals surface area contributed by atoms with Crippen LogP contribution in [-0.2, 0) is 35.8 Å². The third kappa shape index (κ3) is 2.00. The average molecular weight is 461 g/mol. The van der Waals surface area contributed by atoms with Crippen LogP contribution in [0.2, 0.25) is 0 Å². The number of para-hydroxylation sites is 1. The molecule has 7 rings (SSSR count). The van der Waals surface area contributed by atoms with Crippen LogP contribution in [0.5, 0.6) is 0 Å². The Morgan fingerprint density at radius 2 is 1.91 bits per heavy atom. The molecule has 7 heteroatoms. The Morgan fingerprint density at radius 1 is 1.15 bits per heavy atom. The molecule has 2 bridgehead atoms. The minimum atomic E-state index is -1.33. The minimum absolute atomic E-state index is 0.100. The summed E-state index contributed by atoms with van der Waals surface area (Å²) in [5.41, 5.74) is 0.546. The van der Waals surface area contributed by atoms with Crippen molar-refractivity contribution in [3.63, 3.8) is 0 Å². The van der Waals surface area contributed by atoms with Gasteiger partial charge in [-0.05, 0) is 30.0 Å². The first-order valence-corrected chi connectivity index (χ1v) is 12.1. The van der Waals surface area contributed by atoms with Crippen molar-refractivity contribution < 1.29 is 23.8 Å². The number of ether oxygens (including phenoxy) is 3. The van der Waals surface area contributed by atoms with Gasteiger partial charge in [-0.25, -0.2) is 4.79 Å². The Morgan fingerprint density at radius 3 is 2.71 bits per heavy atom. The third-order valence-electron chi connectivity index (χ3n) is 9.16. The lowest BCUT2D eigenvalue weighted by Gasteiger charge is -2.53. The number of hydrogen-bond acceptors (Lipinski definition) is 6. The fraction of sp³-hybridized carbons (Fsp3) is 0.481. The Labute approximate surface area is 198 Å². The van der Waals surface area contributed by atoms with Gasteiger partial charge in [-0.3, -0.25) is 4.79 Å². The number of rotatable bonds is 4. The second-order valence-corrected chi connectivity index (χ2v) is 10.2. The highest BCUT2D eigenvalue weighted by Gasteiger charge is 2.91. The lowest BCUT2D eigenvalue weighted by Crippen LogP contribution is -2.72. The zero-order valence-electron chi connectivity index (χ0n) is 19.4. The number of carbonyl (C=O) groups excluding carboxylic acids is 2. The third-order valence-corrected chi connectivity index (χ3v) is 9.16. The van der Waals surface area contributed by atoms with Crippen LogP contribution in [0.1, 0.15) is 30.4 Å². The van der Waals surface area contributed by atoms with Gasteiger partial charge in [-0.1, -0.05) is 48.5 Å². The highest BCUT2D eigenvalue weighted by Crippen LogP contribution is 2.75. The Bertz CT molecular complexity index is 1200. The van der Waals surface area contributed by atoms with Crippen molar-refractivity contribution in [2.75, 3.05) is 25.6 Å². The second kappa shape index (κ2) is 6.61. The van der Waals surface area contributed by atoms with Crippen LogP contribution in [0.4, 0.5) is 5.69 Å². The number of benzene rings is 2. The van der Waals surface area contributed by atoms with Crippen LogP contribution in [0, 0.1) is 5.92 Å². The molecule has 0 saturated carbocycles. The normalized spacial score (nSPS) is 38.6. The molecule has 0 aromatic heterocycles. The van der Waals surface area contributed by atoms with Crippen molar-refractivity contribution in [1.82, 2.24) is 4.90 Å². The Hall–Kier alpha value is -2.90. The van der Waals surface area contributed by atoms with Gasteiger partial charge in [0.1, 0.15) is 6.10 Å². The molecule has 4 fully saturated rings. The van der Waals surface area contributed by atoms with Gasteiger partial charge in [-0.2, -0.15) is 0 Å². The summed E-state index contributed by atoms with van der Waals surface area (Å²) in [6, 6.07) is 18.0. The number of methoxy groups -OCH3 is 1. The molecule has 2 spiro atoms. The largest absolute Gasteiger partial charge is 0.467 e. The van der Waals surface area contributed by atoms with Gasteiger partial charge in [0, 0.05) is 31.6 Å². The summed E-state index contributed by atoms with van der Waals surface area (Å²) < 4.78 is 19.1. The molecule has 0 radical (unpaired) electrons. The van der Waals surface area contributed by atoms with E-state index in [2.05, 4.69) is 17.0 Å². The predicted octanol–water partition coefficient (Wildman–Crippen LogP) is 2.62. The van der Waals surface area contributed by atoms with Gasteiger partial charge < -0.3 is 24.0 Å². The maximum absolute atomic E-state index is 13.8. The van der Waals surface area contributed by atoms with E-state index < -0.39 is 28.8 Å². The summed E-state index contributed by atoms with van der Waals surface area (Å²) in [7, 11) is 3.44. The van der Waals surface area contributed by atoms with Gasteiger partial charge in [0.2, 0.25) is 11.5 Å². The maximum Gasteiger partial charge on any atom is 0.343 e. The molecular formula is C27H28N2O5. The minimum Gasteiger partial charge on any atom is -0.467 e. The van der Waals surface area contributed by atoms with E-state index in [9.17, 15) is 9.59 Å². The standard InChI is InChI=1S/C27H28N2O5/c1-28-20-11-7-6-10-18(20)25-14-15-29-21(30)13-12-19-22(33-16-17-8-4-3-5-9-17)26(23(25)28,24(31)32-2)34-27(19,25)29/h3-11,19,22-23H,12-16H2,1-2H3/t19-,22-,23+,25-,26+,27-/m0/s1. The Kier molecular flexibility index (Phi) is 3.98. The molecule has 7 nitrogen and oxygen atoms in total. The molecule has 2 aromatic carbocycles. The van der Waals surface area contributed by atoms with Gasteiger partial charge >= 0.3 is 5.97 Å². The molecule has 4 saturated heterocycles. The number of anilines is 1. The number of amides is 1. The SMILES string of the molecule is COC(=O)[C@]12O[C@]34[C@@H](CCC(=O)N3CC[C@@]43c4ccccc4N(C)[C@@H]13)[C@@H]2OCc1ccccc1. The fourth-order valence-electron chi connectivity index (χ4n) is 8.25. The quantitative estimate of drug-likeness (QED) is 0.654. The van der Waals surface area contributed by atoms with Crippen molar-refractivity contribution in [3.05, 3.63) is 65.7 Å². The second-order valence-electron chi connectivity index (χ2n) is 10.2. The molecule has 34 heavy (non-hydrogen) atoms. The van der Waals surface area contributed by atoms with E-state index in [4.69, 9.17) is 14.2 Å². The highest BCUT2D eigenvalue weighted by atomic mass is 16.6. The molecule has 0 unspecified atom stereocenters. The van der Waals surface area contributed by atoms with Crippen LogP contribution in [0.15, 0.2) is 54.6 Å². The maximum atomic E-state index is 13.8. The summed E-state index contributed by atoms with van der Waals surface area (Å²) in [5.74, 6) is -0.435. The van der Waals surface area contributed by atoms with E-state index in [0.29, 0.717) is 26.0 Å². The van der Waals surface area contributed by atoms with E-state index in [0.717, 1.165) is 23.2 Å². The summed E-state index contributed by atoms with van der Waals surface area (Å²) in [6.45, 7) is 0.987. The number of likely N-dealkylation sites (N-methyl/N-ethyl adjacent to an activating group) is 1. The van der Waals surface area contributed by atoms with Crippen molar-refractivity contribution in [2.45, 2.75) is 54.8 Å². The molecule has 0 N–H and O–H groups in total.